The number of aromatic nitrogens is 1. The van der Waals surface area contributed by atoms with Gasteiger partial charge >= 0.3 is 0 Å². The van der Waals surface area contributed by atoms with Crippen molar-refractivity contribution in [1.82, 2.24) is 4.98 Å². The van der Waals surface area contributed by atoms with Crippen LogP contribution in [-0.4, -0.2) is 44.2 Å². The molecule has 0 bridgehead atoms. The van der Waals surface area contributed by atoms with Crippen LogP contribution in [0.1, 0.15) is 20.8 Å². The summed E-state index contributed by atoms with van der Waals surface area (Å²) >= 11 is 0. The van der Waals surface area contributed by atoms with E-state index >= 15 is 0 Å². The summed E-state index contributed by atoms with van der Waals surface area (Å²) in [5.74, 6) is 1.83. The number of hydrogen-bond acceptors (Lipinski definition) is 5. The average molecular weight is 368 g/mol. The van der Waals surface area contributed by atoms with Crippen LogP contribution in [-0.2, 0) is 4.79 Å². The molecule has 1 fully saturated rings. The summed E-state index contributed by atoms with van der Waals surface area (Å²) in [6.45, 7) is 9.27. The molecule has 0 saturated carbocycles. The van der Waals surface area contributed by atoms with Gasteiger partial charge in [0.2, 0.25) is 5.91 Å². The Labute approximate surface area is 161 Å². The van der Waals surface area contributed by atoms with Crippen molar-refractivity contribution in [3.8, 4) is 5.75 Å². The summed E-state index contributed by atoms with van der Waals surface area (Å²) in [6, 6.07) is 12.0. The number of piperazine rings is 1. The van der Waals surface area contributed by atoms with E-state index in [2.05, 4.69) is 26.2 Å². The van der Waals surface area contributed by atoms with Crippen molar-refractivity contribution in [3.63, 3.8) is 0 Å². The van der Waals surface area contributed by atoms with E-state index < -0.39 is 5.41 Å². The highest BCUT2D eigenvalue weighted by Gasteiger charge is 2.22. The summed E-state index contributed by atoms with van der Waals surface area (Å²) < 4.78 is 5.48. The Balaban J connectivity index is 1.60. The summed E-state index contributed by atoms with van der Waals surface area (Å²) in [7, 11) is 1.71. The first kappa shape index (κ1) is 19.0. The zero-order valence-electron chi connectivity index (χ0n) is 16.5. The van der Waals surface area contributed by atoms with Crippen LogP contribution in [0.25, 0.3) is 0 Å². The highest BCUT2D eigenvalue weighted by atomic mass is 16.5. The molecule has 1 aliphatic heterocycles. The Morgan fingerprint density at radius 1 is 1.04 bits per heavy atom. The van der Waals surface area contributed by atoms with Crippen LogP contribution < -0.4 is 19.9 Å². The van der Waals surface area contributed by atoms with Gasteiger partial charge < -0.3 is 19.9 Å². The number of methoxy groups -OCH3 is 1. The van der Waals surface area contributed by atoms with Gasteiger partial charge in [-0.2, -0.15) is 0 Å². The van der Waals surface area contributed by atoms with Crippen molar-refractivity contribution in [2.75, 3.05) is 48.4 Å². The quantitative estimate of drug-likeness (QED) is 0.896. The van der Waals surface area contributed by atoms with Crippen LogP contribution in [0.15, 0.2) is 42.6 Å². The lowest BCUT2D eigenvalue weighted by molar-refractivity contribution is -0.123. The van der Waals surface area contributed by atoms with Crippen molar-refractivity contribution in [2.24, 2.45) is 5.41 Å². The standard InChI is InChI=1S/C21H28N4O2/c1-21(2,3)20(26)23-16-9-10-19(22-15-16)25-13-11-24(12-14-25)17-7-5-6-8-18(17)27-4/h5-10,15H,11-14H2,1-4H3,(H,23,26). The number of pyridine rings is 1. The molecule has 2 heterocycles. The van der Waals surface area contributed by atoms with Crippen LogP contribution in [0.5, 0.6) is 5.75 Å². The van der Waals surface area contributed by atoms with Gasteiger partial charge in [0.25, 0.3) is 0 Å². The van der Waals surface area contributed by atoms with Crippen LogP contribution >= 0.6 is 0 Å². The molecule has 3 rings (SSSR count). The highest BCUT2D eigenvalue weighted by Crippen LogP contribution is 2.29. The minimum atomic E-state index is -0.423. The summed E-state index contributed by atoms with van der Waals surface area (Å²) in [5.41, 5.74) is 1.44. The monoisotopic (exact) mass is 368 g/mol. The van der Waals surface area contributed by atoms with Gasteiger partial charge in [0.15, 0.2) is 0 Å². The first-order valence-electron chi connectivity index (χ1n) is 9.29. The van der Waals surface area contributed by atoms with Crippen molar-refractivity contribution in [2.45, 2.75) is 20.8 Å². The fourth-order valence-corrected chi connectivity index (χ4v) is 3.03. The van der Waals surface area contributed by atoms with E-state index in [1.807, 2.05) is 51.1 Å². The Hall–Kier alpha value is -2.76. The number of nitrogens with one attached hydrogen (secondary N) is 1. The number of rotatable bonds is 4. The summed E-state index contributed by atoms with van der Waals surface area (Å²) in [6.07, 6.45) is 1.73. The number of amides is 1. The van der Waals surface area contributed by atoms with Gasteiger partial charge in [0, 0.05) is 31.6 Å². The molecule has 1 saturated heterocycles. The van der Waals surface area contributed by atoms with Gasteiger partial charge in [-0.1, -0.05) is 32.9 Å². The van der Waals surface area contributed by atoms with Gasteiger partial charge in [-0.15, -0.1) is 0 Å². The molecule has 1 N–H and O–H groups in total. The lowest BCUT2D eigenvalue weighted by atomic mass is 9.96. The number of nitrogens with zero attached hydrogens (tertiary/aromatic N) is 3. The van der Waals surface area contributed by atoms with Crippen molar-refractivity contribution >= 4 is 23.1 Å². The number of anilines is 3. The smallest absolute Gasteiger partial charge is 0.229 e. The van der Waals surface area contributed by atoms with E-state index in [1.54, 1.807) is 13.3 Å². The van der Waals surface area contributed by atoms with Crippen LogP contribution in [0.4, 0.5) is 17.2 Å². The molecule has 0 atom stereocenters. The fraction of sp³-hybridized carbons (Fsp3) is 0.429. The second kappa shape index (κ2) is 7.86. The lowest BCUT2D eigenvalue weighted by Crippen LogP contribution is -2.46. The Kier molecular flexibility index (Phi) is 5.54. The normalized spacial score (nSPS) is 14.8. The van der Waals surface area contributed by atoms with Gasteiger partial charge in [0.05, 0.1) is 24.7 Å². The molecule has 144 valence electrons. The molecule has 2 aromatic rings. The Morgan fingerprint density at radius 2 is 1.70 bits per heavy atom. The number of hydrogen-bond donors (Lipinski definition) is 1. The molecule has 0 spiro atoms. The fourth-order valence-electron chi connectivity index (χ4n) is 3.03. The lowest BCUT2D eigenvalue weighted by Gasteiger charge is -2.37. The molecule has 6 nitrogen and oxygen atoms in total. The molecular weight excluding hydrogens is 340 g/mol. The number of para-hydroxylation sites is 2. The zero-order valence-corrected chi connectivity index (χ0v) is 16.5. The molecule has 0 radical (unpaired) electrons. The minimum absolute atomic E-state index is 0.0116. The summed E-state index contributed by atoms with van der Waals surface area (Å²) in [5, 5.41) is 2.91. The number of ether oxygens (including phenoxy) is 1. The van der Waals surface area contributed by atoms with Crippen LogP contribution in [0.3, 0.4) is 0 Å². The van der Waals surface area contributed by atoms with E-state index in [0.29, 0.717) is 0 Å². The largest absolute Gasteiger partial charge is 0.495 e. The third-order valence-corrected chi connectivity index (χ3v) is 4.72. The van der Waals surface area contributed by atoms with E-state index in [-0.39, 0.29) is 5.91 Å². The van der Waals surface area contributed by atoms with Gasteiger partial charge in [0.1, 0.15) is 11.6 Å². The molecule has 6 heteroatoms. The van der Waals surface area contributed by atoms with E-state index in [4.69, 9.17) is 4.74 Å². The van der Waals surface area contributed by atoms with E-state index in [0.717, 1.165) is 49.1 Å². The Bertz CT molecular complexity index is 776. The van der Waals surface area contributed by atoms with E-state index in [9.17, 15) is 4.79 Å². The Morgan fingerprint density at radius 3 is 2.30 bits per heavy atom. The SMILES string of the molecule is COc1ccccc1N1CCN(c2ccc(NC(=O)C(C)(C)C)cn2)CC1. The van der Waals surface area contributed by atoms with Gasteiger partial charge in [-0.25, -0.2) is 4.98 Å². The maximum Gasteiger partial charge on any atom is 0.229 e. The van der Waals surface area contributed by atoms with Crippen LogP contribution in [0.2, 0.25) is 0 Å². The second-order valence-corrected chi connectivity index (χ2v) is 7.76. The minimum Gasteiger partial charge on any atom is -0.495 e. The predicted molar refractivity (Wildman–Crippen MR) is 110 cm³/mol. The highest BCUT2D eigenvalue weighted by molar-refractivity contribution is 5.94. The average Bonchev–Trinajstić information content (AvgIpc) is 2.68. The number of carbonyl (C=O) groups is 1. The van der Waals surface area contributed by atoms with Crippen molar-refractivity contribution in [1.29, 1.82) is 0 Å². The number of carbonyl (C=O) groups excluding carboxylic acids is 1. The molecule has 0 aliphatic carbocycles. The molecule has 27 heavy (non-hydrogen) atoms. The third kappa shape index (κ3) is 4.51. The maximum atomic E-state index is 12.1. The molecule has 1 aromatic carbocycles. The summed E-state index contributed by atoms with van der Waals surface area (Å²) in [4.78, 5) is 21.2. The van der Waals surface area contributed by atoms with E-state index in [1.165, 1.54) is 0 Å². The van der Waals surface area contributed by atoms with Gasteiger partial charge in [-0.3, -0.25) is 4.79 Å². The molecule has 1 aromatic heterocycles. The first-order chi connectivity index (χ1) is 12.9. The molecule has 1 aliphatic rings. The predicted octanol–water partition coefficient (Wildman–Crippen LogP) is 3.40. The maximum absolute atomic E-state index is 12.1. The molecule has 0 unspecified atom stereocenters. The third-order valence-electron chi connectivity index (χ3n) is 4.72. The molecular formula is C21H28N4O2. The first-order valence-corrected chi connectivity index (χ1v) is 9.29. The van der Waals surface area contributed by atoms with Crippen molar-refractivity contribution < 1.29 is 9.53 Å². The van der Waals surface area contributed by atoms with Crippen LogP contribution in [0, 0.1) is 5.41 Å². The topological polar surface area (TPSA) is 57.7 Å². The second-order valence-electron chi connectivity index (χ2n) is 7.76. The number of benzene rings is 1. The van der Waals surface area contributed by atoms with Crippen molar-refractivity contribution in [3.05, 3.63) is 42.6 Å². The zero-order chi connectivity index (χ0) is 19.4. The molecule has 1 amide bonds. The van der Waals surface area contributed by atoms with Gasteiger partial charge in [-0.05, 0) is 24.3 Å².